The molecule has 82 valence electrons. The number of aliphatic hydroxyl groups excluding tert-OH is 1. The smallest absolute Gasteiger partial charge is 0.339 e. The number of nitrogens with zero attached hydrogens (tertiary/aromatic N) is 1. The highest BCUT2D eigenvalue weighted by atomic mass is 16.4. The maximum absolute atomic E-state index is 10.8. The minimum absolute atomic E-state index is 0.157. The molecule has 1 aromatic heterocycles. The van der Waals surface area contributed by atoms with Crippen molar-refractivity contribution in [1.82, 2.24) is 4.98 Å². The molecule has 0 bridgehead atoms. The number of hydrogen-bond donors (Lipinski definition) is 3. The number of carboxylic acid groups (broad SMARTS) is 1. The number of aromatic nitrogens is 1. The van der Waals surface area contributed by atoms with Gasteiger partial charge in [-0.1, -0.05) is 0 Å². The lowest BCUT2D eigenvalue weighted by Gasteiger charge is -2.07. The minimum atomic E-state index is -0.993. The number of pyridine rings is 1. The van der Waals surface area contributed by atoms with Crippen molar-refractivity contribution in [3.8, 4) is 0 Å². The van der Waals surface area contributed by atoms with Gasteiger partial charge in [-0.15, -0.1) is 0 Å². The summed E-state index contributed by atoms with van der Waals surface area (Å²) in [7, 11) is 0. The van der Waals surface area contributed by atoms with Gasteiger partial charge in [0, 0.05) is 25.5 Å². The summed E-state index contributed by atoms with van der Waals surface area (Å²) in [5.74, 6) is -0.993. The molecule has 1 heterocycles. The molecule has 1 aromatic rings. The van der Waals surface area contributed by atoms with Gasteiger partial charge in [0.15, 0.2) is 0 Å². The van der Waals surface area contributed by atoms with Crippen molar-refractivity contribution in [2.24, 2.45) is 0 Å². The topological polar surface area (TPSA) is 82.5 Å². The van der Waals surface area contributed by atoms with Crippen molar-refractivity contribution in [1.29, 1.82) is 0 Å². The van der Waals surface area contributed by atoms with Crippen molar-refractivity contribution in [2.45, 2.75) is 12.8 Å². The molecule has 0 fully saturated rings. The number of aromatic carboxylic acids is 1. The SMILES string of the molecule is O=C(O)c1cnccc1NCCCCO. The van der Waals surface area contributed by atoms with E-state index in [0.717, 1.165) is 6.42 Å². The number of carbonyl (C=O) groups is 1. The molecular weight excluding hydrogens is 196 g/mol. The molecule has 15 heavy (non-hydrogen) atoms. The van der Waals surface area contributed by atoms with Gasteiger partial charge in [-0.3, -0.25) is 4.98 Å². The van der Waals surface area contributed by atoms with Crippen LogP contribution in [-0.4, -0.2) is 34.3 Å². The van der Waals surface area contributed by atoms with Crippen LogP contribution in [0.5, 0.6) is 0 Å². The Morgan fingerprint density at radius 2 is 2.27 bits per heavy atom. The van der Waals surface area contributed by atoms with E-state index in [1.54, 1.807) is 12.3 Å². The summed E-state index contributed by atoms with van der Waals surface area (Å²) in [4.78, 5) is 14.5. The third-order valence-corrected chi connectivity index (χ3v) is 1.95. The van der Waals surface area contributed by atoms with E-state index in [1.807, 2.05) is 0 Å². The lowest BCUT2D eigenvalue weighted by molar-refractivity contribution is 0.0697. The molecule has 3 N–H and O–H groups in total. The van der Waals surface area contributed by atoms with Gasteiger partial charge < -0.3 is 15.5 Å². The summed E-state index contributed by atoms with van der Waals surface area (Å²) in [6.45, 7) is 0.800. The second-order valence-corrected chi connectivity index (χ2v) is 3.08. The number of rotatable bonds is 6. The van der Waals surface area contributed by atoms with Crippen LogP contribution >= 0.6 is 0 Å². The molecule has 0 aromatic carbocycles. The molecule has 0 aliphatic rings. The number of anilines is 1. The largest absolute Gasteiger partial charge is 0.478 e. The Morgan fingerprint density at radius 3 is 2.93 bits per heavy atom. The lowest BCUT2D eigenvalue weighted by Crippen LogP contribution is -2.08. The highest BCUT2D eigenvalue weighted by Gasteiger charge is 2.08. The maximum Gasteiger partial charge on any atom is 0.339 e. The van der Waals surface area contributed by atoms with Crippen molar-refractivity contribution in [3.63, 3.8) is 0 Å². The molecule has 0 aliphatic heterocycles. The fraction of sp³-hybridized carbons (Fsp3) is 0.400. The van der Waals surface area contributed by atoms with Crippen LogP contribution in [-0.2, 0) is 0 Å². The Labute approximate surface area is 87.8 Å². The van der Waals surface area contributed by atoms with E-state index in [4.69, 9.17) is 10.2 Å². The molecule has 0 saturated carbocycles. The molecule has 5 nitrogen and oxygen atoms in total. The second-order valence-electron chi connectivity index (χ2n) is 3.08. The Kier molecular flexibility index (Phi) is 4.56. The first-order valence-corrected chi connectivity index (χ1v) is 4.77. The van der Waals surface area contributed by atoms with Gasteiger partial charge in [0.25, 0.3) is 0 Å². The summed E-state index contributed by atoms with van der Waals surface area (Å²) in [6.07, 6.45) is 4.37. The molecule has 1 rings (SSSR count). The van der Waals surface area contributed by atoms with Gasteiger partial charge in [-0.2, -0.15) is 0 Å². The van der Waals surface area contributed by atoms with E-state index in [9.17, 15) is 4.79 Å². The predicted octanol–water partition coefficient (Wildman–Crippen LogP) is 0.964. The summed E-state index contributed by atoms with van der Waals surface area (Å²) in [5, 5.41) is 20.4. The summed E-state index contributed by atoms with van der Waals surface area (Å²) < 4.78 is 0. The Balaban J connectivity index is 2.56. The van der Waals surface area contributed by atoms with E-state index < -0.39 is 5.97 Å². The normalized spacial score (nSPS) is 9.93. The number of unbranched alkanes of at least 4 members (excludes halogenated alkanes) is 1. The van der Waals surface area contributed by atoms with Crippen LogP contribution in [0.2, 0.25) is 0 Å². The average molecular weight is 210 g/mol. The molecule has 0 spiro atoms. The fourth-order valence-corrected chi connectivity index (χ4v) is 1.18. The van der Waals surface area contributed by atoms with E-state index in [0.29, 0.717) is 18.7 Å². The first-order chi connectivity index (χ1) is 7.25. The minimum Gasteiger partial charge on any atom is -0.478 e. The molecule has 0 atom stereocenters. The van der Waals surface area contributed by atoms with E-state index >= 15 is 0 Å². The summed E-state index contributed by atoms with van der Waals surface area (Å²) in [5.41, 5.74) is 0.733. The molecule has 0 unspecified atom stereocenters. The van der Waals surface area contributed by atoms with Crippen molar-refractivity contribution in [2.75, 3.05) is 18.5 Å². The van der Waals surface area contributed by atoms with E-state index in [1.165, 1.54) is 6.20 Å². The van der Waals surface area contributed by atoms with Crippen LogP contribution in [0.4, 0.5) is 5.69 Å². The van der Waals surface area contributed by atoms with Crippen molar-refractivity contribution in [3.05, 3.63) is 24.0 Å². The Bertz CT molecular complexity index is 328. The van der Waals surface area contributed by atoms with Gasteiger partial charge in [0.05, 0.1) is 5.69 Å². The van der Waals surface area contributed by atoms with E-state index in [2.05, 4.69) is 10.3 Å². The third-order valence-electron chi connectivity index (χ3n) is 1.95. The van der Waals surface area contributed by atoms with Crippen LogP contribution in [0.3, 0.4) is 0 Å². The van der Waals surface area contributed by atoms with Crippen LogP contribution in [0.25, 0.3) is 0 Å². The quantitative estimate of drug-likeness (QED) is 0.609. The van der Waals surface area contributed by atoms with Crippen LogP contribution in [0.15, 0.2) is 18.5 Å². The summed E-state index contributed by atoms with van der Waals surface area (Å²) >= 11 is 0. The van der Waals surface area contributed by atoms with Crippen LogP contribution in [0.1, 0.15) is 23.2 Å². The second kappa shape index (κ2) is 5.98. The Hall–Kier alpha value is -1.62. The molecular formula is C10H14N2O3. The van der Waals surface area contributed by atoms with Gasteiger partial charge in [-0.25, -0.2) is 4.79 Å². The first-order valence-electron chi connectivity index (χ1n) is 4.77. The van der Waals surface area contributed by atoms with Gasteiger partial charge in [0.1, 0.15) is 5.56 Å². The standard InChI is InChI=1S/C10H14N2O3/c13-6-2-1-4-12-9-3-5-11-7-8(9)10(14)15/h3,5,7,13H,1-2,4,6H2,(H,11,12)(H,14,15). The molecule has 5 heteroatoms. The zero-order valence-corrected chi connectivity index (χ0v) is 8.31. The molecule has 0 saturated heterocycles. The Morgan fingerprint density at radius 1 is 1.47 bits per heavy atom. The zero-order valence-electron chi connectivity index (χ0n) is 8.31. The fourth-order valence-electron chi connectivity index (χ4n) is 1.18. The number of carboxylic acids is 1. The molecule has 0 radical (unpaired) electrons. The van der Waals surface area contributed by atoms with E-state index in [-0.39, 0.29) is 12.2 Å². The first kappa shape index (κ1) is 11.5. The van der Waals surface area contributed by atoms with Gasteiger partial charge >= 0.3 is 5.97 Å². The molecule has 0 aliphatic carbocycles. The summed E-state index contributed by atoms with van der Waals surface area (Å²) in [6, 6.07) is 1.63. The van der Waals surface area contributed by atoms with Gasteiger partial charge in [0.2, 0.25) is 0 Å². The average Bonchev–Trinajstić information content (AvgIpc) is 2.25. The van der Waals surface area contributed by atoms with Crippen molar-refractivity contribution < 1.29 is 15.0 Å². The van der Waals surface area contributed by atoms with Gasteiger partial charge in [-0.05, 0) is 18.9 Å². The monoisotopic (exact) mass is 210 g/mol. The van der Waals surface area contributed by atoms with Crippen LogP contribution < -0.4 is 5.32 Å². The predicted molar refractivity (Wildman–Crippen MR) is 56.0 cm³/mol. The molecule has 0 amide bonds. The lowest BCUT2D eigenvalue weighted by atomic mass is 10.2. The maximum atomic E-state index is 10.8. The number of hydrogen-bond acceptors (Lipinski definition) is 4. The third kappa shape index (κ3) is 3.55. The highest BCUT2D eigenvalue weighted by molar-refractivity contribution is 5.93. The number of nitrogens with one attached hydrogen (secondary N) is 1. The van der Waals surface area contributed by atoms with Crippen molar-refractivity contribution >= 4 is 11.7 Å². The highest BCUT2D eigenvalue weighted by Crippen LogP contribution is 2.13. The number of aliphatic hydroxyl groups is 1. The van der Waals surface area contributed by atoms with Crippen LogP contribution in [0, 0.1) is 0 Å². The zero-order chi connectivity index (χ0) is 11.1.